The van der Waals surface area contributed by atoms with Crippen molar-refractivity contribution in [1.82, 2.24) is 20.4 Å². The van der Waals surface area contributed by atoms with Gasteiger partial charge in [0.2, 0.25) is 5.76 Å². The first-order valence-corrected chi connectivity index (χ1v) is 8.92. The summed E-state index contributed by atoms with van der Waals surface area (Å²) in [5.41, 5.74) is 3.44. The Morgan fingerprint density at radius 2 is 2.04 bits per heavy atom. The van der Waals surface area contributed by atoms with Gasteiger partial charge in [-0.15, -0.1) is 0 Å². The number of hydrogen-bond donors (Lipinski definition) is 2. The number of carbonyl (C=O) groups excluding carboxylic acids is 1. The zero-order chi connectivity index (χ0) is 18.8. The Labute approximate surface area is 160 Å². The van der Waals surface area contributed by atoms with Gasteiger partial charge in [-0.3, -0.25) is 4.79 Å². The van der Waals surface area contributed by atoms with Crippen molar-refractivity contribution >= 4 is 28.5 Å². The van der Waals surface area contributed by atoms with E-state index in [1.807, 2.05) is 43.3 Å². The minimum Gasteiger partial charge on any atom is -0.351 e. The molecule has 0 fully saturated rings. The summed E-state index contributed by atoms with van der Waals surface area (Å²) in [7, 11) is 0. The van der Waals surface area contributed by atoms with E-state index in [1.165, 1.54) is 0 Å². The van der Waals surface area contributed by atoms with E-state index >= 15 is 0 Å². The van der Waals surface area contributed by atoms with Crippen LogP contribution in [0.15, 0.2) is 59.1 Å². The summed E-state index contributed by atoms with van der Waals surface area (Å²) in [5, 5.41) is 7.45. The van der Waals surface area contributed by atoms with Gasteiger partial charge >= 0.3 is 0 Å². The molecule has 0 aliphatic heterocycles. The molecule has 1 unspecified atom stereocenters. The maximum Gasteiger partial charge on any atom is 0.290 e. The Hall–Kier alpha value is -3.12. The number of benzene rings is 2. The van der Waals surface area contributed by atoms with Crippen molar-refractivity contribution in [3.05, 3.63) is 82.5 Å². The molecule has 2 aromatic heterocycles. The molecule has 1 atom stereocenters. The van der Waals surface area contributed by atoms with Crippen LogP contribution in [0.4, 0.5) is 0 Å². The van der Waals surface area contributed by atoms with Crippen molar-refractivity contribution in [3.63, 3.8) is 0 Å². The molecule has 2 N–H and O–H groups in total. The number of rotatable bonds is 5. The van der Waals surface area contributed by atoms with Gasteiger partial charge in [0.1, 0.15) is 5.82 Å². The van der Waals surface area contributed by atoms with Crippen molar-refractivity contribution in [2.45, 2.75) is 19.4 Å². The summed E-state index contributed by atoms with van der Waals surface area (Å²) in [5.74, 6) is 0.508. The zero-order valence-electron chi connectivity index (χ0n) is 14.6. The van der Waals surface area contributed by atoms with Crippen LogP contribution >= 0.6 is 11.6 Å². The summed E-state index contributed by atoms with van der Waals surface area (Å²) in [6, 6.07) is 17.0. The molecule has 0 saturated carbocycles. The molecular formula is C20H17ClN4O2. The lowest BCUT2D eigenvalue weighted by Gasteiger charge is -2.06. The zero-order valence-corrected chi connectivity index (χ0v) is 15.3. The highest BCUT2D eigenvalue weighted by Gasteiger charge is 2.18. The first kappa shape index (κ1) is 17.3. The number of halogens is 1. The van der Waals surface area contributed by atoms with Crippen molar-refractivity contribution in [1.29, 1.82) is 0 Å². The second-order valence-corrected chi connectivity index (χ2v) is 6.71. The molecule has 0 aliphatic rings. The third-order valence-electron chi connectivity index (χ3n) is 4.40. The average Bonchev–Trinajstić information content (AvgIpc) is 3.33. The lowest BCUT2D eigenvalue weighted by Crippen LogP contribution is -2.22. The summed E-state index contributed by atoms with van der Waals surface area (Å²) in [4.78, 5) is 19.9. The maximum absolute atomic E-state index is 12.4. The number of aromatic amines is 1. The van der Waals surface area contributed by atoms with Crippen LogP contribution in [0.25, 0.3) is 11.0 Å². The predicted molar refractivity (Wildman–Crippen MR) is 103 cm³/mol. The van der Waals surface area contributed by atoms with Crippen LogP contribution in [0.5, 0.6) is 0 Å². The Morgan fingerprint density at radius 1 is 1.22 bits per heavy atom. The van der Waals surface area contributed by atoms with Gasteiger partial charge in [0.05, 0.1) is 23.3 Å². The van der Waals surface area contributed by atoms with Gasteiger partial charge in [-0.25, -0.2) is 4.98 Å². The summed E-state index contributed by atoms with van der Waals surface area (Å²) in [6.07, 6.45) is 0. The first-order valence-electron chi connectivity index (χ1n) is 8.54. The standard InChI is InChI=1S/C20H17ClN4O2/c1-12(13-5-3-2-4-6-13)16-10-18(27-25-16)20(26)22-11-19-23-15-8-7-14(21)9-17(15)24-19/h2-10,12H,11H2,1H3,(H,22,26)(H,23,24). The van der Waals surface area contributed by atoms with Gasteiger partial charge in [0.15, 0.2) is 0 Å². The molecule has 27 heavy (non-hydrogen) atoms. The number of H-pyrrole nitrogens is 1. The largest absolute Gasteiger partial charge is 0.351 e. The summed E-state index contributed by atoms with van der Waals surface area (Å²) in [6.45, 7) is 2.27. The summed E-state index contributed by atoms with van der Waals surface area (Å²) < 4.78 is 5.22. The molecule has 0 spiro atoms. The molecule has 0 bridgehead atoms. The molecule has 4 aromatic rings. The fourth-order valence-electron chi connectivity index (χ4n) is 2.88. The lowest BCUT2D eigenvalue weighted by atomic mass is 9.98. The number of carbonyl (C=O) groups is 1. The minimum absolute atomic E-state index is 0.0385. The predicted octanol–water partition coefficient (Wildman–Crippen LogP) is 4.29. The van der Waals surface area contributed by atoms with Crippen LogP contribution in [-0.4, -0.2) is 21.0 Å². The van der Waals surface area contributed by atoms with Crippen LogP contribution in [0.1, 0.15) is 40.5 Å². The minimum atomic E-state index is -0.340. The molecule has 0 aliphatic carbocycles. The van der Waals surface area contributed by atoms with E-state index in [1.54, 1.807) is 18.2 Å². The molecule has 136 valence electrons. The second kappa shape index (κ2) is 7.25. The van der Waals surface area contributed by atoms with Gasteiger partial charge < -0.3 is 14.8 Å². The van der Waals surface area contributed by atoms with E-state index in [0.29, 0.717) is 16.5 Å². The van der Waals surface area contributed by atoms with Crippen molar-refractivity contribution in [3.8, 4) is 0 Å². The average molecular weight is 381 g/mol. The van der Waals surface area contributed by atoms with Crippen molar-refractivity contribution < 1.29 is 9.32 Å². The number of nitrogens with one attached hydrogen (secondary N) is 2. The molecule has 7 heteroatoms. The van der Waals surface area contributed by atoms with Crippen LogP contribution in [0.3, 0.4) is 0 Å². The third kappa shape index (κ3) is 3.71. The van der Waals surface area contributed by atoms with E-state index in [0.717, 1.165) is 16.6 Å². The quantitative estimate of drug-likeness (QED) is 0.541. The number of fused-ring (bicyclic) bond motifs is 1. The molecule has 1 amide bonds. The van der Waals surface area contributed by atoms with E-state index in [9.17, 15) is 4.79 Å². The molecule has 4 rings (SSSR count). The van der Waals surface area contributed by atoms with Gasteiger partial charge in [-0.05, 0) is 23.8 Å². The van der Waals surface area contributed by atoms with Gasteiger partial charge in [-0.2, -0.15) is 0 Å². The van der Waals surface area contributed by atoms with E-state index in [4.69, 9.17) is 16.1 Å². The van der Waals surface area contributed by atoms with Crippen molar-refractivity contribution in [2.24, 2.45) is 0 Å². The molecule has 2 aromatic carbocycles. The fourth-order valence-corrected chi connectivity index (χ4v) is 3.05. The third-order valence-corrected chi connectivity index (χ3v) is 4.64. The molecule has 0 saturated heterocycles. The Morgan fingerprint density at radius 3 is 2.85 bits per heavy atom. The number of hydrogen-bond acceptors (Lipinski definition) is 4. The van der Waals surface area contributed by atoms with Crippen LogP contribution in [-0.2, 0) is 6.54 Å². The van der Waals surface area contributed by atoms with Crippen LogP contribution < -0.4 is 5.32 Å². The highest BCUT2D eigenvalue weighted by molar-refractivity contribution is 6.31. The fraction of sp³-hybridized carbons (Fsp3) is 0.150. The lowest BCUT2D eigenvalue weighted by molar-refractivity contribution is 0.0913. The monoisotopic (exact) mass is 380 g/mol. The highest BCUT2D eigenvalue weighted by atomic mass is 35.5. The summed E-state index contributed by atoms with van der Waals surface area (Å²) >= 11 is 5.97. The van der Waals surface area contributed by atoms with Crippen LogP contribution in [0, 0.1) is 0 Å². The number of aromatic nitrogens is 3. The SMILES string of the molecule is CC(c1ccccc1)c1cc(C(=O)NCc2nc3ccc(Cl)cc3[nH]2)on1. The molecule has 6 nitrogen and oxygen atoms in total. The van der Waals surface area contributed by atoms with Crippen molar-refractivity contribution in [2.75, 3.05) is 0 Å². The highest BCUT2D eigenvalue weighted by Crippen LogP contribution is 2.23. The normalized spacial score (nSPS) is 12.2. The number of nitrogens with zero attached hydrogens (tertiary/aromatic N) is 2. The van der Waals surface area contributed by atoms with Gasteiger partial charge in [-0.1, -0.05) is 54.0 Å². The van der Waals surface area contributed by atoms with Gasteiger partial charge in [0.25, 0.3) is 5.91 Å². The first-order chi connectivity index (χ1) is 13.1. The molecule has 2 heterocycles. The Bertz CT molecular complexity index is 1090. The number of imidazole rings is 1. The Kier molecular flexibility index (Phi) is 4.64. The number of amides is 1. The molecule has 0 radical (unpaired) electrons. The molecular weight excluding hydrogens is 364 g/mol. The van der Waals surface area contributed by atoms with Gasteiger partial charge in [0, 0.05) is 17.0 Å². The van der Waals surface area contributed by atoms with E-state index in [-0.39, 0.29) is 24.1 Å². The smallest absolute Gasteiger partial charge is 0.290 e. The Balaban J connectivity index is 1.43. The van der Waals surface area contributed by atoms with E-state index < -0.39 is 0 Å². The maximum atomic E-state index is 12.4. The van der Waals surface area contributed by atoms with E-state index in [2.05, 4.69) is 20.4 Å². The topological polar surface area (TPSA) is 83.8 Å². The van der Waals surface area contributed by atoms with Crippen LogP contribution in [0.2, 0.25) is 5.02 Å². The second-order valence-electron chi connectivity index (χ2n) is 6.28.